The molecule has 0 saturated carbocycles. The van der Waals surface area contributed by atoms with Crippen molar-refractivity contribution in [3.63, 3.8) is 0 Å². The SMILES string of the molecule is [C-]#[N+]/C(=C\c1cc2sc(-c3c(C(C)C)c(C(C)C)c(-c4cc5sc(/C=C(\C#N)OC=O)cc5s4)n3CCCCCC)cc2s1)C(=O)O. The zero-order chi connectivity index (χ0) is 33.8. The van der Waals surface area contributed by atoms with E-state index in [4.69, 9.17) is 11.3 Å². The molecule has 0 aromatic carbocycles. The minimum Gasteiger partial charge on any atom is -0.486 e. The molecule has 0 spiro atoms. The topological polar surface area (TPSA) is 96.7 Å². The summed E-state index contributed by atoms with van der Waals surface area (Å²) in [6.07, 6.45) is 7.64. The molecule has 0 fully saturated rings. The maximum Gasteiger partial charge on any atom is 0.333 e. The smallest absolute Gasteiger partial charge is 0.333 e. The third-order valence-electron chi connectivity index (χ3n) is 7.83. The number of rotatable bonds is 14. The van der Waals surface area contributed by atoms with Gasteiger partial charge in [0.25, 0.3) is 12.2 Å². The number of ether oxygens (including phenoxy) is 1. The molecule has 5 heterocycles. The Kier molecular flexibility index (Phi) is 10.8. The number of fused-ring (bicyclic) bond motifs is 2. The molecule has 242 valence electrons. The maximum atomic E-state index is 11.4. The van der Waals surface area contributed by atoms with E-state index in [2.05, 4.69) is 62.2 Å². The van der Waals surface area contributed by atoms with Gasteiger partial charge in [-0.15, -0.1) is 45.3 Å². The van der Waals surface area contributed by atoms with E-state index < -0.39 is 5.97 Å². The van der Waals surface area contributed by atoms with Crippen LogP contribution >= 0.6 is 45.3 Å². The number of carboxylic acid groups (broad SMARTS) is 1. The summed E-state index contributed by atoms with van der Waals surface area (Å²) in [4.78, 5) is 29.4. The first-order valence-corrected chi connectivity index (χ1v) is 18.7. The molecule has 0 atom stereocenters. The van der Waals surface area contributed by atoms with Crippen LogP contribution in [-0.2, 0) is 20.9 Å². The van der Waals surface area contributed by atoms with Crippen LogP contribution < -0.4 is 0 Å². The molecule has 0 saturated heterocycles. The zero-order valence-corrected chi connectivity index (χ0v) is 30.1. The van der Waals surface area contributed by atoms with Crippen molar-refractivity contribution in [1.82, 2.24) is 4.57 Å². The first-order valence-electron chi connectivity index (χ1n) is 15.5. The van der Waals surface area contributed by atoms with Crippen molar-refractivity contribution in [2.75, 3.05) is 0 Å². The molecular formula is C36H35N3O4S4. The lowest BCUT2D eigenvalue weighted by Crippen LogP contribution is -2.03. The number of carbonyl (C=O) groups is 2. The van der Waals surface area contributed by atoms with Gasteiger partial charge in [0.15, 0.2) is 0 Å². The number of thiophene rings is 4. The van der Waals surface area contributed by atoms with Crippen molar-refractivity contribution < 1.29 is 19.4 Å². The normalized spacial score (nSPS) is 12.4. The first-order chi connectivity index (χ1) is 22.6. The van der Waals surface area contributed by atoms with Crippen molar-refractivity contribution in [3.8, 4) is 27.2 Å². The van der Waals surface area contributed by atoms with Gasteiger partial charge in [0.2, 0.25) is 5.76 Å². The number of nitriles is 1. The van der Waals surface area contributed by atoms with Gasteiger partial charge in [0, 0.05) is 41.2 Å². The van der Waals surface area contributed by atoms with E-state index in [1.54, 1.807) is 40.1 Å². The van der Waals surface area contributed by atoms with Gasteiger partial charge in [0.05, 0.1) is 27.7 Å². The molecule has 5 aromatic rings. The van der Waals surface area contributed by atoms with Crippen molar-refractivity contribution in [2.45, 2.75) is 78.7 Å². The fraction of sp³-hybridized carbons (Fsp3) is 0.333. The van der Waals surface area contributed by atoms with Gasteiger partial charge < -0.3 is 14.4 Å². The predicted molar refractivity (Wildman–Crippen MR) is 197 cm³/mol. The van der Waals surface area contributed by atoms with Crippen LogP contribution in [0.4, 0.5) is 0 Å². The number of carboxylic acids is 1. The molecule has 5 aromatic heterocycles. The summed E-state index contributed by atoms with van der Waals surface area (Å²) in [5, 5.41) is 18.6. The number of hydrogen-bond donors (Lipinski definition) is 1. The third-order valence-corrected chi connectivity index (χ3v) is 12.3. The summed E-state index contributed by atoms with van der Waals surface area (Å²) < 4.78 is 11.8. The fourth-order valence-electron chi connectivity index (χ4n) is 5.91. The summed E-state index contributed by atoms with van der Waals surface area (Å²) in [5.74, 6) is -0.672. The van der Waals surface area contributed by atoms with Crippen LogP contribution in [0.5, 0.6) is 0 Å². The van der Waals surface area contributed by atoms with Crippen molar-refractivity contribution in [1.29, 1.82) is 5.26 Å². The summed E-state index contributed by atoms with van der Waals surface area (Å²) in [5.41, 5.74) is 4.98. The molecule has 0 aliphatic heterocycles. The Balaban J connectivity index is 1.69. The highest BCUT2D eigenvalue weighted by molar-refractivity contribution is 7.30. The number of aromatic nitrogens is 1. The molecule has 1 N–H and O–H groups in total. The van der Waals surface area contributed by atoms with Gasteiger partial charge in [-0.05, 0) is 59.7 Å². The van der Waals surface area contributed by atoms with Crippen LogP contribution in [-0.4, -0.2) is 22.1 Å². The molecule has 0 bridgehead atoms. The standard InChI is InChI=1S/C36H35N3O4S4/c1-7-8-9-10-11-39-34(30-16-28-26(46-30)14-23(44-28)12-22(18-37)43-19-40)32(20(2)3)33(21(4)5)35(39)31-17-29-27(47-31)15-24(45-29)13-25(38-6)36(41)42/h12-17,19-21H,7-11H2,1-5H3,(H,41,42)/b22-12+,25-13-. The largest absolute Gasteiger partial charge is 0.486 e. The van der Waals surface area contributed by atoms with Gasteiger partial charge in [-0.3, -0.25) is 9.59 Å². The Labute approximate surface area is 290 Å². The van der Waals surface area contributed by atoms with E-state index in [0.29, 0.717) is 0 Å². The average molecular weight is 702 g/mol. The Morgan fingerprint density at radius 2 is 1.45 bits per heavy atom. The van der Waals surface area contributed by atoms with Crippen LogP contribution in [0.1, 0.15) is 93.0 Å². The monoisotopic (exact) mass is 701 g/mol. The van der Waals surface area contributed by atoms with Gasteiger partial charge >= 0.3 is 5.97 Å². The Morgan fingerprint density at radius 3 is 1.87 bits per heavy atom. The van der Waals surface area contributed by atoms with E-state index in [0.717, 1.165) is 47.9 Å². The average Bonchev–Trinajstić information content (AvgIpc) is 3.82. The summed E-state index contributed by atoms with van der Waals surface area (Å²) >= 11 is 6.56. The molecule has 11 heteroatoms. The number of aliphatic carboxylic acids is 1. The number of hydrogen-bond acceptors (Lipinski definition) is 8. The zero-order valence-electron chi connectivity index (χ0n) is 26.9. The molecule has 0 unspecified atom stereocenters. The highest BCUT2D eigenvalue weighted by Gasteiger charge is 2.30. The minimum atomic E-state index is -1.21. The molecule has 0 aliphatic carbocycles. The van der Waals surface area contributed by atoms with Gasteiger partial charge in [0.1, 0.15) is 6.07 Å². The van der Waals surface area contributed by atoms with Crippen molar-refractivity contribution in [3.05, 3.63) is 68.0 Å². The maximum absolute atomic E-state index is 11.4. The highest BCUT2D eigenvalue weighted by Crippen LogP contribution is 2.50. The van der Waals surface area contributed by atoms with E-state index in [-0.39, 0.29) is 29.8 Å². The van der Waals surface area contributed by atoms with E-state index in [1.807, 2.05) is 12.1 Å². The number of nitrogens with zero attached hydrogens (tertiary/aromatic N) is 3. The minimum absolute atomic E-state index is 0.0314. The Bertz CT molecular complexity index is 2040. The fourth-order valence-corrected chi connectivity index (χ4v) is 10.7. The van der Waals surface area contributed by atoms with Gasteiger partial charge in [-0.2, -0.15) is 5.26 Å². The van der Waals surface area contributed by atoms with Gasteiger partial charge in [-0.25, -0.2) is 4.85 Å². The van der Waals surface area contributed by atoms with Crippen LogP contribution in [0.25, 0.3) is 56.9 Å². The first kappa shape index (κ1) is 34.3. The molecule has 47 heavy (non-hydrogen) atoms. The number of allylic oxidation sites excluding steroid dienone is 1. The lowest BCUT2D eigenvalue weighted by molar-refractivity contribution is -0.132. The summed E-state index contributed by atoms with van der Waals surface area (Å²) in [6.45, 7) is 19.7. The second-order valence-electron chi connectivity index (χ2n) is 11.8. The second-order valence-corrected chi connectivity index (χ2v) is 16.2. The molecular weight excluding hydrogens is 667 g/mol. The molecule has 0 aliphatic rings. The second kappa shape index (κ2) is 14.8. The van der Waals surface area contributed by atoms with Crippen LogP contribution in [0.15, 0.2) is 35.7 Å². The van der Waals surface area contributed by atoms with Crippen LogP contribution in [0.3, 0.4) is 0 Å². The highest BCUT2D eigenvalue weighted by atomic mass is 32.1. The van der Waals surface area contributed by atoms with Crippen LogP contribution in [0, 0.1) is 17.9 Å². The molecule has 0 amide bonds. The number of unbranched alkanes of at least 4 members (excludes halogenated alkanes) is 3. The lowest BCUT2D eigenvalue weighted by atomic mass is 9.90. The third kappa shape index (κ3) is 7.14. The Hall–Kier alpha value is -4.00. The lowest BCUT2D eigenvalue weighted by Gasteiger charge is -2.14. The molecule has 0 radical (unpaired) electrons. The van der Waals surface area contributed by atoms with Gasteiger partial charge in [-0.1, -0.05) is 53.9 Å². The van der Waals surface area contributed by atoms with E-state index >= 15 is 0 Å². The quantitative estimate of drug-likeness (QED) is 0.0310. The Morgan fingerprint density at radius 1 is 0.915 bits per heavy atom. The predicted octanol–water partition coefficient (Wildman–Crippen LogP) is 11.6. The number of carbonyl (C=O) groups excluding carboxylic acids is 1. The van der Waals surface area contributed by atoms with Crippen molar-refractivity contribution >= 4 is 88.7 Å². The summed E-state index contributed by atoms with van der Waals surface area (Å²) in [7, 11) is 0. The van der Waals surface area contributed by atoms with Crippen molar-refractivity contribution in [2.24, 2.45) is 0 Å². The van der Waals surface area contributed by atoms with E-state index in [9.17, 15) is 20.0 Å². The van der Waals surface area contributed by atoms with E-state index in [1.165, 1.54) is 62.5 Å². The summed E-state index contributed by atoms with van der Waals surface area (Å²) in [6, 6.07) is 10.5. The van der Waals surface area contributed by atoms with Crippen LogP contribution in [0.2, 0.25) is 0 Å². The molecule has 5 rings (SSSR count). The molecule has 7 nitrogen and oxygen atoms in total.